The van der Waals surface area contributed by atoms with Crippen molar-refractivity contribution in [2.75, 3.05) is 38.1 Å². The number of hydrogen-bond acceptors (Lipinski definition) is 4. The van der Waals surface area contributed by atoms with Crippen molar-refractivity contribution in [1.82, 2.24) is 9.62 Å². The van der Waals surface area contributed by atoms with Gasteiger partial charge in [-0.3, -0.25) is 4.79 Å². The molecule has 0 unspecified atom stereocenters. The smallest absolute Gasteiger partial charge is 0.304 e. The van der Waals surface area contributed by atoms with E-state index in [2.05, 4.69) is 26.1 Å². The summed E-state index contributed by atoms with van der Waals surface area (Å²) in [6.45, 7) is 6.57. The third kappa shape index (κ3) is 6.21. The molecule has 0 aliphatic heterocycles. The summed E-state index contributed by atoms with van der Waals surface area (Å²) in [7, 11) is -0.940. The van der Waals surface area contributed by atoms with Crippen LogP contribution in [0.2, 0.25) is 0 Å². The number of carbonyl (C=O) groups is 1. The van der Waals surface area contributed by atoms with Gasteiger partial charge in [-0.2, -0.15) is 12.7 Å². The van der Waals surface area contributed by atoms with Crippen molar-refractivity contribution >= 4 is 21.8 Å². The lowest BCUT2D eigenvalue weighted by atomic mass is 9.86. The van der Waals surface area contributed by atoms with Crippen molar-refractivity contribution in [3.8, 4) is 5.75 Å². The lowest BCUT2D eigenvalue weighted by Gasteiger charge is -2.27. The van der Waals surface area contributed by atoms with Gasteiger partial charge in [0.15, 0.2) is 0 Å². The van der Waals surface area contributed by atoms with Gasteiger partial charge >= 0.3 is 10.2 Å². The van der Waals surface area contributed by atoms with Crippen LogP contribution in [0.15, 0.2) is 54.6 Å². The first-order chi connectivity index (χ1) is 14.0. The normalized spacial score (nSPS) is 11.9. The van der Waals surface area contributed by atoms with E-state index in [1.54, 1.807) is 30.3 Å². The molecule has 0 heterocycles. The van der Waals surface area contributed by atoms with Gasteiger partial charge in [0.2, 0.25) is 5.91 Å². The van der Waals surface area contributed by atoms with Gasteiger partial charge in [0, 0.05) is 14.1 Å². The maximum atomic E-state index is 12.7. The summed E-state index contributed by atoms with van der Waals surface area (Å²) >= 11 is 0. The second-order valence-electron chi connectivity index (χ2n) is 8.08. The number of nitrogens with one attached hydrogen (secondary N) is 1. The predicted octanol–water partition coefficient (Wildman–Crippen LogP) is 2.79. The van der Waals surface area contributed by atoms with Crippen molar-refractivity contribution in [1.29, 1.82) is 0 Å². The molecule has 0 saturated carbocycles. The Kier molecular flexibility index (Phi) is 7.86. The summed E-state index contributed by atoms with van der Waals surface area (Å²) in [6, 6.07) is 16.4. The Labute approximate surface area is 179 Å². The van der Waals surface area contributed by atoms with E-state index in [-0.39, 0.29) is 25.1 Å². The minimum Gasteiger partial charge on any atom is -0.491 e. The molecule has 2 aromatic carbocycles. The number of benzene rings is 2. The van der Waals surface area contributed by atoms with E-state index in [4.69, 9.17) is 4.74 Å². The Morgan fingerprint density at radius 1 is 1.00 bits per heavy atom. The maximum absolute atomic E-state index is 12.7. The highest BCUT2D eigenvalue weighted by Crippen LogP contribution is 2.30. The number of ether oxygens (including phenoxy) is 1. The fourth-order valence-corrected chi connectivity index (χ4v) is 3.91. The van der Waals surface area contributed by atoms with Gasteiger partial charge in [0.05, 0.1) is 12.2 Å². The van der Waals surface area contributed by atoms with Crippen LogP contribution >= 0.6 is 0 Å². The van der Waals surface area contributed by atoms with Gasteiger partial charge in [-0.1, -0.05) is 57.2 Å². The van der Waals surface area contributed by atoms with Crippen LogP contribution < -0.4 is 14.4 Å². The van der Waals surface area contributed by atoms with Crippen molar-refractivity contribution in [3.63, 3.8) is 0 Å². The van der Waals surface area contributed by atoms with E-state index in [0.29, 0.717) is 5.69 Å². The van der Waals surface area contributed by atoms with Crippen LogP contribution in [0, 0.1) is 0 Å². The fraction of sp³-hybridized carbons (Fsp3) is 0.409. The summed E-state index contributed by atoms with van der Waals surface area (Å²) in [4.78, 5) is 12.4. The molecule has 0 bridgehead atoms. The van der Waals surface area contributed by atoms with Crippen molar-refractivity contribution in [2.24, 2.45) is 0 Å². The number of nitrogens with zero attached hydrogens (tertiary/aromatic N) is 2. The summed E-state index contributed by atoms with van der Waals surface area (Å²) < 4.78 is 33.3. The van der Waals surface area contributed by atoms with Crippen LogP contribution in [0.25, 0.3) is 0 Å². The monoisotopic (exact) mass is 433 g/mol. The van der Waals surface area contributed by atoms with Crippen molar-refractivity contribution < 1.29 is 17.9 Å². The van der Waals surface area contributed by atoms with Gasteiger partial charge in [-0.05, 0) is 29.2 Å². The largest absolute Gasteiger partial charge is 0.491 e. The number of para-hydroxylation sites is 2. The molecule has 0 fully saturated rings. The average Bonchev–Trinajstić information content (AvgIpc) is 2.69. The third-order valence-corrected chi connectivity index (χ3v) is 6.27. The fourth-order valence-electron chi connectivity index (χ4n) is 2.85. The van der Waals surface area contributed by atoms with Crippen LogP contribution in [0.3, 0.4) is 0 Å². The van der Waals surface area contributed by atoms with E-state index in [0.717, 1.165) is 19.9 Å². The molecule has 0 aliphatic rings. The molecule has 0 radical (unpaired) electrons. The minimum absolute atomic E-state index is 0.0590. The average molecular weight is 434 g/mol. The lowest BCUT2D eigenvalue weighted by molar-refractivity contribution is -0.119. The molecule has 0 aliphatic carbocycles. The van der Waals surface area contributed by atoms with Gasteiger partial charge in [0.1, 0.15) is 18.9 Å². The maximum Gasteiger partial charge on any atom is 0.304 e. The minimum atomic E-state index is -3.81. The standard InChI is InChI=1S/C22H31N3O4S/c1-22(2,3)19-13-9-10-14-20(19)29-16-15-23-21(26)17-25(30(27,28)24(4)5)18-11-7-6-8-12-18/h6-14H,15-17H2,1-5H3,(H,23,26). The summed E-state index contributed by atoms with van der Waals surface area (Å²) in [5, 5.41) is 2.73. The molecular weight excluding hydrogens is 402 g/mol. The number of amides is 1. The van der Waals surface area contributed by atoms with Crippen LogP contribution in [0.1, 0.15) is 26.3 Å². The molecule has 0 saturated heterocycles. The second kappa shape index (κ2) is 9.95. The van der Waals surface area contributed by atoms with Gasteiger partial charge < -0.3 is 10.1 Å². The molecule has 2 rings (SSSR count). The van der Waals surface area contributed by atoms with Gasteiger partial charge in [-0.15, -0.1) is 0 Å². The quantitative estimate of drug-likeness (QED) is 0.617. The molecule has 8 heteroatoms. The van der Waals surface area contributed by atoms with E-state index >= 15 is 0 Å². The Balaban J connectivity index is 1.98. The first kappa shape index (κ1) is 23.7. The molecule has 2 aromatic rings. The Bertz CT molecular complexity index is 938. The number of carbonyl (C=O) groups excluding carboxylic acids is 1. The Morgan fingerprint density at radius 3 is 2.20 bits per heavy atom. The molecule has 0 spiro atoms. The highest BCUT2D eigenvalue weighted by Gasteiger charge is 2.27. The van der Waals surface area contributed by atoms with Crippen LogP contribution in [-0.4, -0.2) is 52.4 Å². The highest BCUT2D eigenvalue weighted by atomic mass is 32.2. The third-order valence-electron chi connectivity index (χ3n) is 4.45. The van der Waals surface area contributed by atoms with E-state index in [1.807, 2.05) is 24.3 Å². The Hall–Kier alpha value is -2.58. The Morgan fingerprint density at radius 2 is 1.60 bits per heavy atom. The first-order valence-corrected chi connectivity index (χ1v) is 11.2. The van der Waals surface area contributed by atoms with E-state index in [1.165, 1.54) is 14.1 Å². The SMILES string of the molecule is CN(C)S(=O)(=O)N(CC(=O)NCCOc1ccccc1C(C)(C)C)c1ccccc1. The molecule has 30 heavy (non-hydrogen) atoms. The second-order valence-corrected chi connectivity index (χ2v) is 10.1. The van der Waals surface area contributed by atoms with Crippen molar-refractivity contribution in [3.05, 3.63) is 60.2 Å². The topological polar surface area (TPSA) is 79.0 Å². The zero-order chi connectivity index (χ0) is 22.4. The predicted molar refractivity (Wildman–Crippen MR) is 120 cm³/mol. The molecule has 1 amide bonds. The summed E-state index contributed by atoms with van der Waals surface area (Å²) in [6.07, 6.45) is 0. The van der Waals surface area contributed by atoms with E-state index in [9.17, 15) is 13.2 Å². The number of hydrogen-bond donors (Lipinski definition) is 1. The first-order valence-electron chi connectivity index (χ1n) is 9.77. The molecule has 1 N–H and O–H groups in total. The van der Waals surface area contributed by atoms with E-state index < -0.39 is 16.1 Å². The zero-order valence-electron chi connectivity index (χ0n) is 18.3. The summed E-state index contributed by atoms with van der Waals surface area (Å²) in [5.74, 6) is 0.373. The number of rotatable bonds is 9. The van der Waals surface area contributed by atoms with Crippen molar-refractivity contribution in [2.45, 2.75) is 26.2 Å². The highest BCUT2D eigenvalue weighted by molar-refractivity contribution is 7.90. The molecule has 0 aromatic heterocycles. The molecular formula is C22H31N3O4S. The molecule has 7 nitrogen and oxygen atoms in total. The van der Waals surface area contributed by atoms with Crippen LogP contribution in [0.4, 0.5) is 5.69 Å². The van der Waals surface area contributed by atoms with Gasteiger partial charge in [0.25, 0.3) is 0 Å². The molecule has 0 atom stereocenters. The summed E-state index contributed by atoms with van der Waals surface area (Å²) in [5.41, 5.74) is 1.46. The lowest BCUT2D eigenvalue weighted by Crippen LogP contribution is -2.46. The van der Waals surface area contributed by atoms with Gasteiger partial charge in [-0.25, -0.2) is 4.31 Å². The molecule has 164 valence electrons. The van der Waals surface area contributed by atoms with Crippen LogP contribution in [0.5, 0.6) is 5.75 Å². The van der Waals surface area contributed by atoms with Crippen LogP contribution in [-0.2, 0) is 20.4 Å². The zero-order valence-corrected chi connectivity index (χ0v) is 19.1. The number of anilines is 1.